The summed E-state index contributed by atoms with van der Waals surface area (Å²) < 4.78 is 58.9. The molecule has 0 amide bonds. The molecule has 0 heterocycles. The van der Waals surface area contributed by atoms with Crippen LogP contribution in [0.15, 0.2) is 12.1 Å². The van der Waals surface area contributed by atoms with Gasteiger partial charge in [-0.25, -0.2) is 4.39 Å². The summed E-state index contributed by atoms with van der Waals surface area (Å²) in [5.74, 6) is -0.453. The van der Waals surface area contributed by atoms with E-state index in [1.165, 1.54) is 12.1 Å². The predicted octanol–water partition coefficient (Wildman–Crippen LogP) is 6.00. The summed E-state index contributed by atoms with van der Waals surface area (Å²) in [5, 5.41) is 0. The Morgan fingerprint density at radius 2 is 1.78 bits per heavy atom. The maximum absolute atomic E-state index is 14.2. The van der Waals surface area contributed by atoms with E-state index in [9.17, 15) is 17.6 Å². The molecule has 0 aliphatic heterocycles. The third-order valence-corrected chi connectivity index (χ3v) is 4.73. The van der Waals surface area contributed by atoms with Crippen LogP contribution in [-0.4, -0.2) is 6.61 Å². The Morgan fingerprint density at radius 3 is 2.35 bits per heavy atom. The fraction of sp³-hybridized carbons (Fsp3) is 0.667. The molecule has 1 aliphatic carbocycles. The Balaban J connectivity index is 2.16. The van der Waals surface area contributed by atoms with E-state index < -0.39 is 17.6 Å². The first-order valence-electron chi connectivity index (χ1n) is 8.34. The SMILES string of the molecule is CCOc1ccc(CCC2CCC(C)CC2)c(C(F)(F)F)c1F. The van der Waals surface area contributed by atoms with Crippen molar-refractivity contribution in [2.75, 3.05) is 6.61 Å². The summed E-state index contributed by atoms with van der Waals surface area (Å²) in [5.41, 5.74) is -1.12. The minimum Gasteiger partial charge on any atom is -0.491 e. The Morgan fingerprint density at radius 1 is 1.13 bits per heavy atom. The summed E-state index contributed by atoms with van der Waals surface area (Å²) in [4.78, 5) is 0. The number of ether oxygens (including phenoxy) is 1. The molecule has 0 aromatic heterocycles. The highest BCUT2D eigenvalue weighted by molar-refractivity contribution is 5.39. The van der Waals surface area contributed by atoms with Gasteiger partial charge < -0.3 is 4.74 Å². The normalized spacial score (nSPS) is 22.2. The van der Waals surface area contributed by atoms with Gasteiger partial charge in [0.2, 0.25) is 0 Å². The lowest BCUT2D eigenvalue weighted by Crippen LogP contribution is -2.16. The smallest absolute Gasteiger partial charge is 0.419 e. The number of benzene rings is 1. The summed E-state index contributed by atoms with van der Waals surface area (Å²) in [7, 11) is 0. The minimum atomic E-state index is -4.70. The fourth-order valence-corrected chi connectivity index (χ4v) is 3.36. The van der Waals surface area contributed by atoms with Crippen LogP contribution in [-0.2, 0) is 12.6 Å². The van der Waals surface area contributed by atoms with Crippen molar-refractivity contribution in [1.29, 1.82) is 0 Å². The van der Waals surface area contributed by atoms with Gasteiger partial charge in [-0.2, -0.15) is 13.2 Å². The zero-order chi connectivity index (χ0) is 17.0. The first-order valence-corrected chi connectivity index (χ1v) is 8.34. The van der Waals surface area contributed by atoms with Gasteiger partial charge in [0.15, 0.2) is 11.6 Å². The Bertz CT molecular complexity index is 516. The van der Waals surface area contributed by atoms with Crippen LogP contribution in [0.2, 0.25) is 0 Å². The van der Waals surface area contributed by atoms with E-state index in [0.29, 0.717) is 18.3 Å². The monoisotopic (exact) mass is 332 g/mol. The van der Waals surface area contributed by atoms with Gasteiger partial charge in [0.25, 0.3) is 0 Å². The van der Waals surface area contributed by atoms with E-state index >= 15 is 0 Å². The zero-order valence-electron chi connectivity index (χ0n) is 13.7. The fourth-order valence-electron chi connectivity index (χ4n) is 3.36. The molecule has 5 heteroatoms. The molecule has 0 spiro atoms. The molecule has 0 saturated heterocycles. The van der Waals surface area contributed by atoms with E-state index in [4.69, 9.17) is 4.74 Å². The van der Waals surface area contributed by atoms with Gasteiger partial charge in [0, 0.05) is 0 Å². The van der Waals surface area contributed by atoms with Crippen LogP contribution in [0.4, 0.5) is 17.6 Å². The molecule has 1 fully saturated rings. The number of alkyl halides is 3. The number of hydrogen-bond acceptors (Lipinski definition) is 1. The molecule has 1 aromatic carbocycles. The molecule has 1 nitrogen and oxygen atoms in total. The van der Waals surface area contributed by atoms with E-state index in [-0.39, 0.29) is 24.3 Å². The Labute approximate surface area is 135 Å². The van der Waals surface area contributed by atoms with Gasteiger partial charge in [-0.1, -0.05) is 38.7 Å². The molecular weight excluding hydrogens is 308 g/mol. The molecule has 0 N–H and O–H groups in total. The first-order chi connectivity index (χ1) is 10.8. The van der Waals surface area contributed by atoms with Crippen LogP contribution in [0.5, 0.6) is 5.75 Å². The molecule has 1 saturated carbocycles. The number of rotatable bonds is 5. The lowest BCUT2D eigenvalue weighted by atomic mass is 9.80. The molecule has 0 bridgehead atoms. The van der Waals surface area contributed by atoms with Gasteiger partial charge >= 0.3 is 6.18 Å². The first kappa shape index (κ1) is 18.1. The number of hydrogen-bond donors (Lipinski definition) is 0. The van der Waals surface area contributed by atoms with Gasteiger partial charge in [-0.15, -0.1) is 0 Å². The Kier molecular flexibility index (Phi) is 5.93. The van der Waals surface area contributed by atoms with Crippen LogP contribution in [0, 0.1) is 17.7 Å². The third kappa shape index (κ3) is 4.61. The van der Waals surface area contributed by atoms with E-state index in [0.717, 1.165) is 25.7 Å². The highest BCUT2D eigenvalue weighted by atomic mass is 19.4. The largest absolute Gasteiger partial charge is 0.491 e. The van der Waals surface area contributed by atoms with Gasteiger partial charge in [0.05, 0.1) is 12.2 Å². The maximum Gasteiger partial charge on any atom is 0.419 e. The van der Waals surface area contributed by atoms with Crippen LogP contribution in [0.1, 0.15) is 57.1 Å². The van der Waals surface area contributed by atoms with Crippen molar-refractivity contribution in [3.8, 4) is 5.75 Å². The highest BCUT2D eigenvalue weighted by Crippen LogP contribution is 2.39. The van der Waals surface area contributed by atoms with Crippen molar-refractivity contribution < 1.29 is 22.3 Å². The van der Waals surface area contributed by atoms with E-state index in [2.05, 4.69) is 6.92 Å². The van der Waals surface area contributed by atoms with Crippen molar-refractivity contribution >= 4 is 0 Å². The zero-order valence-corrected chi connectivity index (χ0v) is 13.7. The molecule has 2 rings (SSSR count). The van der Waals surface area contributed by atoms with Crippen molar-refractivity contribution in [2.24, 2.45) is 11.8 Å². The highest BCUT2D eigenvalue weighted by Gasteiger charge is 2.38. The average molecular weight is 332 g/mol. The number of aryl methyl sites for hydroxylation is 1. The van der Waals surface area contributed by atoms with Crippen molar-refractivity contribution in [1.82, 2.24) is 0 Å². The molecule has 1 aromatic rings. The van der Waals surface area contributed by atoms with Crippen molar-refractivity contribution in [2.45, 2.75) is 58.5 Å². The van der Waals surface area contributed by atoms with Crippen molar-refractivity contribution in [3.05, 3.63) is 29.1 Å². The topological polar surface area (TPSA) is 9.23 Å². The quantitative estimate of drug-likeness (QED) is 0.601. The van der Waals surface area contributed by atoms with Crippen molar-refractivity contribution in [3.63, 3.8) is 0 Å². The third-order valence-electron chi connectivity index (χ3n) is 4.73. The molecule has 1 aliphatic rings. The second-order valence-corrected chi connectivity index (χ2v) is 6.51. The molecular formula is C18H24F4O. The van der Waals surface area contributed by atoms with Crippen LogP contribution >= 0.6 is 0 Å². The van der Waals surface area contributed by atoms with E-state index in [1.54, 1.807) is 6.92 Å². The summed E-state index contributed by atoms with van der Waals surface area (Å²) >= 11 is 0. The van der Waals surface area contributed by atoms with Crippen LogP contribution in [0.25, 0.3) is 0 Å². The predicted molar refractivity (Wildman–Crippen MR) is 82.0 cm³/mol. The summed E-state index contributed by atoms with van der Waals surface area (Å²) in [6, 6.07) is 2.68. The lowest BCUT2D eigenvalue weighted by molar-refractivity contribution is -0.140. The molecule has 0 radical (unpaired) electrons. The molecule has 23 heavy (non-hydrogen) atoms. The maximum atomic E-state index is 14.2. The lowest BCUT2D eigenvalue weighted by Gasteiger charge is -2.26. The standard InChI is InChI=1S/C18H24F4O/c1-3-23-15-11-10-14(16(17(15)19)18(20,21)22)9-8-13-6-4-12(2)5-7-13/h10-13H,3-9H2,1-2H3. The molecule has 0 atom stereocenters. The van der Waals surface area contributed by atoms with Gasteiger partial charge in [0.1, 0.15) is 0 Å². The van der Waals surface area contributed by atoms with Gasteiger partial charge in [-0.05, 0) is 43.2 Å². The van der Waals surface area contributed by atoms with Crippen LogP contribution in [0.3, 0.4) is 0 Å². The molecule has 130 valence electrons. The minimum absolute atomic E-state index is 0.0390. The molecule has 0 unspecified atom stereocenters. The van der Waals surface area contributed by atoms with E-state index in [1.807, 2.05) is 0 Å². The average Bonchev–Trinajstić information content (AvgIpc) is 2.48. The number of halogens is 4. The second-order valence-electron chi connectivity index (χ2n) is 6.51. The van der Waals surface area contributed by atoms with Gasteiger partial charge in [-0.3, -0.25) is 0 Å². The Hall–Kier alpha value is -1.26. The second kappa shape index (κ2) is 7.54. The van der Waals surface area contributed by atoms with Crippen LogP contribution < -0.4 is 4.74 Å². The summed E-state index contributed by atoms with van der Waals surface area (Å²) in [6.45, 7) is 3.96. The summed E-state index contributed by atoms with van der Waals surface area (Å²) in [6.07, 6.45) is 0.626.